The Bertz CT molecular complexity index is 889. The van der Waals surface area contributed by atoms with Gasteiger partial charge in [-0.2, -0.15) is 0 Å². The number of carbonyl (C=O) groups is 3. The van der Waals surface area contributed by atoms with Crippen LogP contribution in [0.5, 0.6) is 0 Å². The third kappa shape index (κ3) is 5.97. The molecule has 0 aliphatic carbocycles. The number of carbonyl (C=O) groups excluding carboxylic acids is 3. The van der Waals surface area contributed by atoms with Crippen molar-refractivity contribution < 1.29 is 23.9 Å². The van der Waals surface area contributed by atoms with E-state index in [1.54, 1.807) is 14.1 Å². The molecule has 1 aliphatic rings. The van der Waals surface area contributed by atoms with Gasteiger partial charge in [0.15, 0.2) is 0 Å². The summed E-state index contributed by atoms with van der Waals surface area (Å²) in [6, 6.07) is 17.8. The molecule has 0 saturated carbocycles. The Balaban J connectivity index is 1.62. The van der Waals surface area contributed by atoms with Gasteiger partial charge in [-0.15, -0.1) is 0 Å². The number of nitrogens with zero attached hydrogens (tertiary/aromatic N) is 3. The van der Waals surface area contributed by atoms with Crippen LogP contribution in [0, 0.1) is 0 Å². The van der Waals surface area contributed by atoms with Crippen molar-refractivity contribution in [3.8, 4) is 0 Å². The summed E-state index contributed by atoms with van der Waals surface area (Å²) in [6.07, 6.45) is -1.10. The summed E-state index contributed by atoms with van der Waals surface area (Å²) in [4.78, 5) is 42.2. The van der Waals surface area contributed by atoms with E-state index in [4.69, 9.17) is 9.47 Å². The van der Waals surface area contributed by atoms with Crippen LogP contribution in [0.15, 0.2) is 60.7 Å². The van der Waals surface area contributed by atoms with Gasteiger partial charge in [0.25, 0.3) is 0 Å². The molecule has 31 heavy (non-hydrogen) atoms. The van der Waals surface area contributed by atoms with Gasteiger partial charge in [-0.05, 0) is 11.1 Å². The Morgan fingerprint density at radius 3 is 1.87 bits per heavy atom. The zero-order valence-corrected chi connectivity index (χ0v) is 17.8. The second-order valence-corrected chi connectivity index (χ2v) is 7.47. The van der Waals surface area contributed by atoms with Crippen molar-refractivity contribution in [1.29, 1.82) is 0 Å². The summed E-state index contributed by atoms with van der Waals surface area (Å²) in [7, 11) is 3.23. The fourth-order valence-corrected chi connectivity index (χ4v) is 3.29. The highest BCUT2D eigenvalue weighted by Gasteiger charge is 2.39. The van der Waals surface area contributed by atoms with Crippen LogP contribution in [-0.2, 0) is 27.5 Å². The molecular weight excluding hydrogens is 398 g/mol. The third-order valence-corrected chi connectivity index (χ3v) is 5.01. The molecule has 0 radical (unpaired) electrons. The van der Waals surface area contributed by atoms with Gasteiger partial charge in [0.1, 0.15) is 19.3 Å². The first-order valence-corrected chi connectivity index (χ1v) is 10.1. The van der Waals surface area contributed by atoms with E-state index < -0.39 is 18.2 Å². The summed E-state index contributed by atoms with van der Waals surface area (Å²) in [5.74, 6) is -0.280. The molecule has 8 heteroatoms. The second kappa shape index (κ2) is 10.5. The van der Waals surface area contributed by atoms with Crippen molar-refractivity contribution in [1.82, 2.24) is 14.7 Å². The molecular formula is C23H27N3O5. The standard InChI is InChI=1S/C23H27N3O5/c1-24(2)21(27)20-15-25(22(28)30-16-18-9-5-3-6-10-18)13-14-26(20)23(29)31-17-19-11-7-4-8-12-19/h3-12,20H,13-17H2,1-2H3/t20-/m1/s1. The average Bonchev–Trinajstić information content (AvgIpc) is 2.81. The molecule has 1 saturated heterocycles. The normalized spacial score (nSPS) is 15.9. The largest absolute Gasteiger partial charge is 0.445 e. The Kier molecular flexibility index (Phi) is 7.48. The minimum atomic E-state index is -0.837. The predicted octanol–water partition coefficient (Wildman–Crippen LogP) is 2.73. The fourth-order valence-electron chi connectivity index (χ4n) is 3.29. The lowest BCUT2D eigenvalue weighted by Gasteiger charge is -2.40. The molecule has 0 aromatic heterocycles. The summed E-state index contributed by atoms with van der Waals surface area (Å²) in [5, 5.41) is 0. The molecule has 3 rings (SSSR count). The maximum atomic E-state index is 12.7. The van der Waals surface area contributed by atoms with Gasteiger partial charge in [-0.1, -0.05) is 60.7 Å². The summed E-state index contributed by atoms with van der Waals surface area (Å²) in [5.41, 5.74) is 1.73. The highest BCUT2D eigenvalue weighted by Crippen LogP contribution is 2.16. The number of likely N-dealkylation sites (N-methyl/N-ethyl adjacent to an activating group) is 1. The zero-order chi connectivity index (χ0) is 22.2. The van der Waals surface area contributed by atoms with E-state index in [-0.39, 0.29) is 38.8 Å². The summed E-state index contributed by atoms with van der Waals surface area (Å²) < 4.78 is 10.8. The molecule has 1 heterocycles. The monoisotopic (exact) mass is 425 g/mol. The predicted molar refractivity (Wildman–Crippen MR) is 114 cm³/mol. The number of rotatable bonds is 5. The lowest BCUT2D eigenvalue weighted by atomic mass is 10.1. The Morgan fingerprint density at radius 1 is 0.839 bits per heavy atom. The molecule has 0 N–H and O–H groups in total. The van der Waals surface area contributed by atoms with Crippen LogP contribution < -0.4 is 0 Å². The van der Waals surface area contributed by atoms with E-state index in [0.717, 1.165) is 11.1 Å². The van der Waals surface area contributed by atoms with Gasteiger partial charge >= 0.3 is 12.2 Å². The minimum Gasteiger partial charge on any atom is -0.445 e. The van der Waals surface area contributed by atoms with Crippen LogP contribution in [0.25, 0.3) is 0 Å². The Morgan fingerprint density at radius 2 is 1.35 bits per heavy atom. The summed E-state index contributed by atoms with van der Waals surface area (Å²) >= 11 is 0. The van der Waals surface area contributed by atoms with Crippen molar-refractivity contribution in [2.75, 3.05) is 33.7 Å². The average molecular weight is 425 g/mol. The van der Waals surface area contributed by atoms with E-state index in [2.05, 4.69) is 0 Å². The Hall–Kier alpha value is -3.55. The van der Waals surface area contributed by atoms with E-state index in [0.29, 0.717) is 0 Å². The number of hydrogen-bond donors (Lipinski definition) is 0. The highest BCUT2D eigenvalue weighted by atomic mass is 16.6. The topological polar surface area (TPSA) is 79.4 Å². The molecule has 0 spiro atoms. The first kappa shape index (κ1) is 22.1. The van der Waals surface area contributed by atoms with Crippen LogP contribution in [0.3, 0.4) is 0 Å². The van der Waals surface area contributed by atoms with Crippen LogP contribution in [0.4, 0.5) is 9.59 Å². The van der Waals surface area contributed by atoms with Crippen molar-refractivity contribution in [2.24, 2.45) is 0 Å². The van der Waals surface area contributed by atoms with E-state index in [1.165, 1.54) is 14.7 Å². The maximum Gasteiger partial charge on any atom is 0.410 e. The van der Waals surface area contributed by atoms with Gasteiger partial charge in [0, 0.05) is 27.2 Å². The van der Waals surface area contributed by atoms with E-state index >= 15 is 0 Å². The van der Waals surface area contributed by atoms with E-state index in [9.17, 15) is 14.4 Å². The molecule has 8 nitrogen and oxygen atoms in total. The number of piperazine rings is 1. The lowest BCUT2D eigenvalue weighted by Crippen LogP contribution is -2.61. The molecule has 1 atom stereocenters. The van der Waals surface area contributed by atoms with Crippen LogP contribution in [-0.4, -0.2) is 72.6 Å². The molecule has 0 unspecified atom stereocenters. The number of amides is 3. The van der Waals surface area contributed by atoms with Crippen molar-refractivity contribution >= 4 is 18.1 Å². The SMILES string of the molecule is CN(C)C(=O)[C@H]1CN(C(=O)OCc2ccccc2)CCN1C(=O)OCc1ccccc1. The maximum absolute atomic E-state index is 12.7. The molecule has 3 amide bonds. The van der Waals surface area contributed by atoms with Gasteiger partial charge in [0.05, 0.1) is 6.54 Å². The molecule has 1 fully saturated rings. The fraction of sp³-hybridized carbons (Fsp3) is 0.348. The van der Waals surface area contributed by atoms with Crippen LogP contribution in [0.2, 0.25) is 0 Å². The first-order valence-electron chi connectivity index (χ1n) is 10.1. The summed E-state index contributed by atoms with van der Waals surface area (Å²) in [6.45, 7) is 0.738. The first-order chi connectivity index (χ1) is 15.0. The van der Waals surface area contributed by atoms with Gasteiger partial charge < -0.3 is 19.3 Å². The molecule has 1 aliphatic heterocycles. The third-order valence-electron chi connectivity index (χ3n) is 5.01. The van der Waals surface area contributed by atoms with Gasteiger partial charge in [-0.25, -0.2) is 9.59 Å². The quantitative estimate of drug-likeness (QED) is 0.736. The molecule has 2 aromatic carbocycles. The van der Waals surface area contributed by atoms with Gasteiger partial charge in [0.2, 0.25) is 5.91 Å². The van der Waals surface area contributed by atoms with Crippen molar-refractivity contribution in [2.45, 2.75) is 19.3 Å². The number of ether oxygens (including phenoxy) is 2. The number of hydrogen-bond acceptors (Lipinski definition) is 5. The smallest absolute Gasteiger partial charge is 0.410 e. The van der Waals surface area contributed by atoms with E-state index in [1.807, 2.05) is 60.7 Å². The highest BCUT2D eigenvalue weighted by molar-refractivity contribution is 5.86. The van der Waals surface area contributed by atoms with Crippen LogP contribution in [0.1, 0.15) is 11.1 Å². The molecule has 164 valence electrons. The Labute approximate surface area is 181 Å². The lowest BCUT2D eigenvalue weighted by molar-refractivity contribution is -0.135. The zero-order valence-electron chi connectivity index (χ0n) is 17.8. The molecule has 0 bridgehead atoms. The second-order valence-electron chi connectivity index (χ2n) is 7.47. The van der Waals surface area contributed by atoms with Crippen molar-refractivity contribution in [3.63, 3.8) is 0 Å². The van der Waals surface area contributed by atoms with Gasteiger partial charge in [-0.3, -0.25) is 9.69 Å². The van der Waals surface area contributed by atoms with Crippen molar-refractivity contribution in [3.05, 3.63) is 71.8 Å². The minimum absolute atomic E-state index is 0.0467. The number of benzene rings is 2. The van der Waals surface area contributed by atoms with Crippen LogP contribution >= 0.6 is 0 Å². The molecule has 2 aromatic rings.